The van der Waals surface area contributed by atoms with Gasteiger partial charge in [0.15, 0.2) is 0 Å². The van der Waals surface area contributed by atoms with E-state index in [9.17, 15) is 19.2 Å². The van der Waals surface area contributed by atoms with Crippen molar-refractivity contribution in [1.82, 2.24) is 9.97 Å². The van der Waals surface area contributed by atoms with Gasteiger partial charge in [-0.2, -0.15) is 0 Å². The fraction of sp³-hybridized carbons (Fsp3) is 0.0769. The van der Waals surface area contributed by atoms with Crippen LogP contribution in [0.4, 0.5) is 5.69 Å². The van der Waals surface area contributed by atoms with Gasteiger partial charge in [0, 0.05) is 11.8 Å². The van der Waals surface area contributed by atoms with Gasteiger partial charge in [-0.3, -0.25) is 14.6 Å². The van der Waals surface area contributed by atoms with E-state index in [1.54, 1.807) is 0 Å². The summed E-state index contributed by atoms with van der Waals surface area (Å²) in [7, 11) is 1.23. The van der Waals surface area contributed by atoms with Gasteiger partial charge in [-0.05, 0) is 18.2 Å². The summed E-state index contributed by atoms with van der Waals surface area (Å²) in [5, 5.41) is 2.33. The molecule has 3 N–H and O–H groups in total. The highest BCUT2D eigenvalue weighted by atomic mass is 16.5. The maximum Gasteiger partial charge on any atom is 0.337 e. The van der Waals surface area contributed by atoms with Crippen LogP contribution in [0.3, 0.4) is 0 Å². The molecule has 1 aromatic heterocycles. The van der Waals surface area contributed by atoms with Crippen molar-refractivity contribution in [3.05, 3.63) is 62.4 Å². The summed E-state index contributed by atoms with van der Waals surface area (Å²) in [6.45, 7) is 0. The molecule has 0 saturated heterocycles. The Labute approximate surface area is 117 Å². The molecule has 0 aliphatic carbocycles. The number of aromatic nitrogens is 2. The first kappa shape index (κ1) is 14.3. The van der Waals surface area contributed by atoms with Crippen molar-refractivity contribution in [2.75, 3.05) is 12.4 Å². The van der Waals surface area contributed by atoms with Gasteiger partial charge in [-0.25, -0.2) is 9.59 Å². The molecule has 0 fully saturated rings. The van der Waals surface area contributed by atoms with Crippen molar-refractivity contribution in [3.63, 3.8) is 0 Å². The largest absolute Gasteiger partial charge is 0.465 e. The number of methoxy groups -OCH3 is 1. The molecule has 1 aromatic carbocycles. The second-order valence-electron chi connectivity index (χ2n) is 4.01. The molecule has 0 radical (unpaired) electrons. The highest BCUT2D eigenvalue weighted by Crippen LogP contribution is 2.08. The molecule has 0 unspecified atom stereocenters. The summed E-state index contributed by atoms with van der Waals surface area (Å²) in [6, 6.07) is 5.82. The number of carbonyl (C=O) groups is 2. The Morgan fingerprint density at radius 1 is 1.19 bits per heavy atom. The van der Waals surface area contributed by atoms with Gasteiger partial charge in [-0.1, -0.05) is 6.07 Å². The first-order valence-corrected chi connectivity index (χ1v) is 5.83. The Hall–Kier alpha value is -3.16. The number of nitrogens with one attached hydrogen (secondary N) is 3. The van der Waals surface area contributed by atoms with Crippen LogP contribution in [0.5, 0.6) is 0 Å². The molecular formula is C13H11N3O5. The van der Waals surface area contributed by atoms with Gasteiger partial charge >= 0.3 is 11.7 Å². The van der Waals surface area contributed by atoms with E-state index in [1.807, 2.05) is 4.98 Å². The molecule has 0 aliphatic rings. The Kier molecular flexibility index (Phi) is 3.98. The van der Waals surface area contributed by atoms with Crippen LogP contribution in [0.25, 0.3) is 0 Å². The predicted octanol–water partition coefficient (Wildman–Crippen LogP) is 0.102. The van der Waals surface area contributed by atoms with E-state index in [4.69, 9.17) is 0 Å². The summed E-state index contributed by atoms with van der Waals surface area (Å²) < 4.78 is 4.56. The van der Waals surface area contributed by atoms with Crippen LogP contribution >= 0.6 is 0 Å². The van der Waals surface area contributed by atoms with E-state index in [-0.39, 0.29) is 16.8 Å². The summed E-state index contributed by atoms with van der Waals surface area (Å²) in [5.74, 6) is -1.18. The van der Waals surface area contributed by atoms with Gasteiger partial charge in [0.2, 0.25) is 0 Å². The van der Waals surface area contributed by atoms with E-state index in [1.165, 1.54) is 31.4 Å². The highest BCUT2D eigenvalue weighted by Gasteiger charge is 2.12. The lowest BCUT2D eigenvalue weighted by atomic mass is 10.1. The number of H-pyrrole nitrogens is 2. The zero-order valence-electron chi connectivity index (χ0n) is 10.9. The summed E-state index contributed by atoms with van der Waals surface area (Å²) in [5.41, 5.74) is -1.13. The van der Waals surface area contributed by atoms with Gasteiger partial charge in [-0.15, -0.1) is 0 Å². The summed E-state index contributed by atoms with van der Waals surface area (Å²) in [6.07, 6.45) is 1.09. The SMILES string of the molecule is COC(=O)c1cccc(C(=O)Nc2c[nH]c(=O)[nH]c2=O)c1. The lowest BCUT2D eigenvalue weighted by molar-refractivity contribution is 0.0600. The van der Waals surface area contributed by atoms with Crippen LogP contribution < -0.4 is 16.6 Å². The lowest BCUT2D eigenvalue weighted by Crippen LogP contribution is -2.26. The Balaban J connectivity index is 2.26. The fourth-order valence-corrected chi connectivity index (χ4v) is 1.60. The Morgan fingerprint density at radius 3 is 2.57 bits per heavy atom. The number of anilines is 1. The summed E-state index contributed by atoms with van der Waals surface area (Å²) in [4.78, 5) is 50.0. The number of hydrogen-bond donors (Lipinski definition) is 3. The van der Waals surface area contributed by atoms with E-state index in [0.29, 0.717) is 0 Å². The van der Waals surface area contributed by atoms with Crippen molar-refractivity contribution >= 4 is 17.6 Å². The molecule has 0 spiro atoms. The molecule has 0 aliphatic heterocycles. The highest BCUT2D eigenvalue weighted by molar-refractivity contribution is 6.05. The molecule has 1 heterocycles. The molecule has 8 nitrogen and oxygen atoms in total. The average molecular weight is 289 g/mol. The average Bonchev–Trinajstić information content (AvgIpc) is 2.49. The minimum atomic E-state index is -0.726. The molecule has 0 atom stereocenters. The number of aromatic amines is 2. The van der Waals surface area contributed by atoms with Crippen molar-refractivity contribution < 1.29 is 14.3 Å². The maximum absolute atomic E-state index is 12.0. The topological polar surface area (TPSA) is 121 Å². The molecule has 1 amide bonds. The lowest BCUT2D eigenvalue weighted by Gasteiger charge is -2.05. The molecular weight excluding hydrogens is 278 g/mol. The van der Waals surface area contributed by atoms with Crippen LogP contribution in [0.1, 0.15) is 20.7 Å². The van der Waals surface area contributed by atoms with Crippen LogP contribution in [0.2, 0.25) is 0 Å². The van der Waals surface area contributed by atoms with E-state index in [0.717, 1.165) is 6.20 Å². The number of benzene rings is 1. The third-order valence-electron chi connectivity index (χ3n) is 2.61. The van der Waals surface area contributed by atoms with Crippen molar-refractivity contribution in [2.45, 2.75) is 0 Å². The number of ether oxygens (including phenoxy) is 1. The molecule has 0 bridgehead atoms. The van der Waals surface area contributed by atoms with Crippen LogP contribution in [-0.2, 0) is 4.74 Å². The minimum Gasteiger partial charge on any atom is -0.465 e. The van der Waals surface area contributed by atoms with Crippen molar-refractivity contribution in [1.29, 1.82) is 0 Å². The normalized spacial score (nSPS) is 9.95. The third-order valence-corrected chi connectivity index (χ3v) is 2.61. The molecule has 21 heavy (non-hydrogen) atoms. The van der Waals surface area contributed by atoms with Crippen LogP contribution in [0.15, 0.2) is 40.1 Å². The Morgan fingerprint density at radius 2 is 1.90 bits per heavy atom. The molecule has 2 aromatic rings. The second-order valence-corrected chi connectivity index (χ2v) is 4.01. The van der Waals surface area contributed by atoms with Gasteiger partial charge < -0.3 is 15.0 Å². The number of amides is 1. The van der Waals surface area contributed by atoms with Gasteiger partial charge in [0.1, 0.15) is 5.69 Å². The van der Waals surface area contributed by atoms with Crippen LogP contribution in [0, 0.1) is 0 Å². The minimum absolute atomic E-state index is 0.108. The third kappa shape index (κ3) is 3.24. The fourth-order valence-electron chi connectivity index (χ4n) is 1.60. The molecule has 8 heteroatoms. The Bertz CT molecular complexity index is 806. The zero-order valence-corrected chi connectivity index (χ0v) is 10.9. The van der Waals surface area contributed by atoms with E-state index < -0.39 is 23.1 Å². The maximum atomic E-state index is 12.0. The van der Waals surface area contributed by atoms with E-state index in [2.05, 4.69) is 15.0 Å². The molecule has 0 saturated carbocycles. The number of carbonyl (C=O) groups excluding carboxylic acids is 2. The molecule has 108 valence electrons. The smallest absolute Gasteiger partial charge is 0.337 e. The van der Waals surface area contributed by atoms with Gasteiger partial charge in [0.05, 0.1) is 12.7 Å². The van der Waals surface area contributed by atoms with Gasteiger partial charge in [0.25, 0.3) is 11.5 Å². The quantitative estimate of drug-likeness (QED) is 0.692. The number of rotatable bonds is 3. The van der Waals surface area contributed by atoms with E-state index >= 15 is 0 Å². The first-order chi connectivity index (χ1) is 10.0. The first-order valence-electron chi connectivity index (χ1n) is 5.83. The monoisotopic (exact) mass is 289 g/mol. The number of esters is 1. The summed E-state index contributed by atoms with van der Waals surface area (Å²) >= 11 is 0. The number of hydrogen-bond acceptors (Lipinski definition) is 5. The zero-order chi connectivity index (χ0) is 15.4. The second kappa shape index (κ2) is 5.87. The van der Waals surface area contributed by atoms with Crippen LogP contribution in [-0.4, -0.2) is 29.0 Å². The predicted molar refractivity (Wildman–Crippen MR) is 73.4 cm³/mol. The molecule has 2 rings (SSSR count). The standard InChI is InChI=1S/C13H11N3O5/c1-21-12(19)8-4-2-3-7(5-8)10(17)15-9-6-14-13(20)16-11(9)18/h2-6H,1H3,(H,15,17)(H2,14,16,18,20). The van der Waals surface area contributed by atoms with Crippen molar-refractivity contribution in [3.8, 4) is 0 Å². The van der Waals surface area contributed by atoms with Crippen molar-refractivity contribution in [2.24, 2.45) is 0 Å².